The van der Waals surface area contributed by atoms with Crippen LogP contribution in [0.2, 0.25) is 0 Å². The van der Waals surface area contributed by atoms with E-state index in [1.807, 2.05) is 0 Å². The Morgan fingerprint density at radius 3 is 2.82 bits per heavy atom. The highest BCUT2D eigenvalue weighted by Crippen LogP contribution is 2.16. The number of carboxylic acid groups (broad SMARTS) is 1. The maximum Gasteiger partial charge on any atom is 0.323 e. The molecule has 1 atom stereocenters. The summed E-state index contributed by atoms with van der Waals surface area (Å²) in [5, 5.41) is 8.76. The molecular weight excluding hydrogens is 226 g/mol. The van der Waals surface area contributed by atoms with Crippen molar-refractivity contribution in [2.24, 2.45) is 5.92 Å². The van der Waals surface area contributed by atoms with Crippen molar-refractivity contribution < 1.29 is 24.2 Å². The Morgan fingerprint density at radius 1 is 1.53 bits per heavy atom. The Balaban J connectivity index is 2.53. The Hall–Kier alpha value is -1.14. The number of amides is 1. The van der Waals surface area contributed by atoms with E-state index in [4.69, 9.17) is 14.6 Å². The zero-order chi connectivity index (χ0) is 12.7. The van der Waals surface area contributed by atoms with Gasteiger partial charge in [0.15, 0.2) is 0 Å². The van der Waals surface area contributed by atoms with Crippen molar-refractivity contribution in [3.63, 3.8) is 0 Å². The van der Waals surface area contributed by atoms with Gasteiger partial charge in [-0.05, 0) is 12.8 Å². The lowest BCUT2D eigenvalue weighted by atomic mass is 10.0. The quantitative estimate of drug-likeness (QED) is 0.711. The van der Waals surface area contributed by atoms with E-state index in [-0.39, 0.29) is 18.4 Å². The minimum atomic E-state index is -1.01. The molecule has 0 aromatic heterocycles. The molecule has 0 radical (unpaired) electrons. The normalized spacial score (nSPS) is 19.9. The van der Waals surface area contributed by atoms with E-state index in [1.165, 1.54) is 12.0 Å². The van der Waals surface area contributed by atoms with Crippen LogP contribution in [-0.2, 0) is 19.1 Å². The van der Waals surface area contributed by atoms with Crippen LogP contribution >= 0.6 is 0 Å². The Morgan fingerprint density at radius 2 is 2.29 bits per heavy atom. The summed E-state index contributed by atoms with van der Waals surface area (Å²) in [7, 11) is 1.52. The second-order valence-corrected chi connectivity index (χ2v) is 4.06. The predicted octanol–water partition coefficient (Wildman–Crippen LogP) is -0.0274. The molecule has 1 aliphatic rings. The zero-order valence-electron chi connectivity index (χ0n) is 10.1. The first kappa shape index (κ1) is 13.9. The highest BCUT2D eigenvalue weighted by molar-refractivity contribution is 5.83. The lowest BCUT2D eigenvalue weighted by Gasteiger charge is -2.28. The lowest BCUT2D eigenvalue weighted by Crippen LogP contribution is -2.43. The van der Waals surface area contributed by atoms with E-state index in [0.29, 0.717) is 26.4 Å². The number of aliphatic carboxylic acids is 1. The van der Waals surface area contributed by atoms with Gasteiger partial charge in [0.25, 0.3) is 0 Å². The van der Waals surface area contributed by atoms with Crippen LogP contribution in [0.5, 0.6) is 0 Å². The number of hydrogen-bond acceptors (Lipinski definition) is 4. The number of nitrogens with zero attached hydrogens (tertiary/aromatic N) is 1. The van der Waals surface area contributed by atoms with Gasteiger partial charge in [0.1, 0.15) is 6.54 Å². The molecule has 1 heterocycles. The molecule has 1 amide bonds. The fraction of sp³-hybridized carbons (Fsp3) is 0.818. The summed E-state index contributed by atoms with van der Waals surface area (Å²) in [5.74, 6) is -1.37. The van der Waals surface area contributed by atoms with Crippen molar-refractivity contribution >= 4 is 11.9 Å². The third kappa shape index (κ3) is 4.70. The molecule has 0 aromatic rings. The van der Waals surface area contributed by atoms with Crippen LogP contribution in [0.1, 0.15) is 12.8 Å². The molecule has 1 N–H and O–H groups in total. The zero-order valence-corrected chi connectivity index (χ0v) is 10.1. The monoisotopic (exact) mass is 245 g/mol. The standard InChI is InChI=1S/C11H19NO5/c1-16-6-4-12(7-10(13)14)11(15)9-3-2-5-17-8-9/h9H,2-8H2,1H3,(H,13,14)/t9-/m1/s1. The molecule has 17 heavy (non-hydrogen) atoms. The van der Waals surface area contributed by atoms with Crippen LogP contribution < -0.4 is 0 Å². The molecule has 0 spiro atoms. The first-order chi connectivity index (χ1) is 8.15. The fourth-order valence-electron chi connectivity index (χ4n) is 1.83. The summed E-state index contributed by atoms with van der Waals surface area (Å²) in [6.45, 7) is 1.44. The average Bonchev–Trinajstić information content (AvgIpc) is 2.34. The first-order valence-electron chi connectivity index (χ1n) is 5.72. The fourth-order valence-corrected chi connectivity index (χ4v) is 1.83. The molecule has 1 saturated heterocycles. The summed E-state index contributed by atoms with van der Waals surface area (Å²) in [5.41, 5.74) is 0. The summed E-state index contributed by atoms with van der Waals surface area (Å²) < 4.78 is 10.1. The van der Waals surface area contributed by atoms with Crippen LogP contribution in [-0.4, -0.2) is 61.9 Å². The van der Waals surface area contributed by atoms with Gasteiger partial charge in [-0.3, -0.25) is 9.59 Å². The van der Waals surface area contributed by atoms with Crippen LogP contribution in [0, 0.1) is 5.92 Å². The van der Waals surface area contributed by atoms with E-state index in [2.05, 4.69) is 0 Å². The maximum absolute atomic E-state index is 12.1. The molecule has 1 fully saturated rings. The van der Waals surface area contributed by atoms with E-state index >= 15 is 0 Å². The summed E-state index contributed by atoms with van der Waals surface area (Å²) in [4.78, 5) is 24.1. The smallest absolute Gasteiger partial charge is 0.323 e. The highest BCUT2D eigenvalue weighted by Gasteiger charge is 2.27. The van der Waals surface area contributed by atoms with Crippen molar-refractivity contribution in [3.05, 3.63) is 0 Å². The molecule has 1 rings (SSSR count). The van der Waals surface area contributed by atoms with Gasteiger partial charge in [0, 0.05) is 20.3 Å². The molecule has 1 aliphatic heterocycles. The number of rotatable bonds is 6. The first-order valence-corrected chi connectivity index (χ1v) is 5.72. The van der Waals surface area contributed by atoms with Gasteiger partial charge in [0.2, 0.25) is 5.91 Å². The third-order valence-corrected chi connectivity index (χ3v) is 2.71. The molecule has 6 heteroatoms. The van der Waals surface area contributed by atoms with Gasteiger partial charge in [0.05, 0.1) is 19.1 Å². The van der Waals surface area contributed by atoms with Gasteiger partial charge < -0.3 is 19.5 Å². The van der Waals surface area contributed by atoms with Crippen molar-refractivity contribution in [3.8, 4) is 0 Å². The maximum atomic E-state index is 12.1. The highest BCUT2D eigenvalue weighted by atomic mass is 16.5. The van der Waals surface area contributed by atoms with Crippen molar-refractivity contribution in [1.82, 2.24) is 4.90 Å². The van der Waals surface area contributed by atoms with Crippen LogP contribution in [0.4, 0.5) is 0 Å². The Labute approximate surface area is 100 Å². The molecular formula is C11H19NO5. The van der Waals surface area contributed by atoms with E-state index in [9.17, 15) is 9.59 Å². The van der Waals surface area contributed by atoms with Gasteiger partial charge in [-0.25, -0.2) is 0 Å². The third-order valence-electron chi connectivity index (χ3n) is 2.71. The van der Waals surface area contributed by atoms with E-state index in [1.54, 1.807) is 0 Å². The van der Waals surface area contributed by atoms with Crippen LogP contribution in [0.3, 0.4) is 0 Å². The SMILES string of the molecule is COCCN(CC(=O)O)C(=O)[C@@H]1CCCOC1. The molecule has 98 valence electrons. The van der Waals surface area contributed by atoms with Gasteiger partial charge in [-0.1, -0.05) is 0 Å². The largest absolute Gasteiger partial charge is 0.480 e. The van der Waals surface area contributed by atoms with Crippen molar-refractivity contribution in [1.29, 1.82) is 0 Å². The molecule has 6 nitrogen and oxygen atoms in total. The van der Waals surface area contributed by atoms with Crippen molar-refractivity contribution in [2.45, 2.75) is 12.8 Å². The van der Waals surface area contributed by atoms with E-state index < -0.39 is 5.97 Å². The molecule has 0 bridgehead atoms. The number of ether oxygens (including phenoxy) is 2. The van der Waals surface area contributed by atoms with Gasteiger partial charge in [-0.15, -0.1) is 0 Å². The predicted molar refractivity (Wildman–Crippen MR) is 59.6 cm³/mol. The summed E-state index contributed by atoms with van der Waals surface area (Å²) >= 11 is 0. The summed E-state index contributed by atoms with van der Waals surface area (Å²) in [6, 6.07) is 0. The minimum Gasteiger partial charge on any atom is -0.480 e. The molecule has 0 aliphatic carbocycles. The van der Waals surface area contributed by atoms with Crippen LogP contribution in [0.25, 0.3) is 0 Å². The molecule has 0 aromatic carbocycles. The number of carboxylic acids is 1. The number of carbonyl (C=O) groups is 2. The second kappa shape index (κ2) is 7.24. The van der Waals surface area contributed by atoms with E-state index in [0.717, 1.165) is 12.8 Å². The topological polar surface area (TPSA) is 76.1 Å². The minimum absolute atomic E-state index is 0.149. The van der Waals surface area contributed by atoms with Gasteiger partial charge in [-0.2, -0.15) is 0 Å². The Bertz CT molecular complexity index is 263. The van der Waals surface area contributed by atoms with Gasteiger partial charge >= 0.3 is 5.97 Å². The molecule has 0 unspecified atom stereocenters. The molecule has 0 saturated carbocycles. The number of methoxy groups -OCH3 is 1. The number of carbonyl (C=O) groups excluding carboxylic acids is 1. The van der Waals surface area contributed by atoms with Crippen LogP contribution in [0.15, 0.2) is 0 Å². The Kier molecular flexibility index (Phi) is 5.93. The lowest BCUT2D eigenvalue weighted by molar-refractivity contribution is -0.149. The summed E-state index contributed by atoms with van der Waals surface area (Å²) in [6.07, 6.45) is 1.61. The second-order valence-electron chi connectivity index (χ2n) is 4.06. The average molecular weight is 245 g/mol. The van der Waals surface area contributed by atoms with Crippen molar-refractivity contribution in [2.75, 3.05) is 40.0 Å². The number of hydrogen-bond donors (Lipinski definition) is 1.